The van der Waals surface area contributed by atoms with Crippen LogP contribution in [-0.4, -0.2) is 49.5 Å². The second kappa shape index (κ2) is 8.12. The van der Waals surface area contributed by atoms with Gasteiger partial charge in [-0.05, 0) is 52.0 Å². The van der Waals surface area contributed by atoms with Gasteiger partial charge in [0.1, 0.15) is 17.1 Å². The smallest absolute Gasteiger partial charge is 0.270 e. The number of aromatic nitrogens is 3. The molecule has 0 bridgehead atoms. The van der Waals surface area contributed by atoms with Gasteiger partial charge in [0, 0.05) is 18.2 Å². The Kier molecular flexibility index (Phi) is 5.19. The number of carbonyl (C=O) groups is 2. The number of ether oxygens (including phenoxy) is 2. The van der Waals surface area contributed by atoms with Gasteiger partial charge >= 0.3 is 0 Å². The van der Waals surface area contributed by atoms with Crippen LogP contribution >= 0.6 is 0 Å². The van der Waals surface area contributed by atoms with E-state index in [-0.39, 0.29) is 42.1 Å². The van der Waals surface area contributed by atoms with Crippen LogP contribution in [0.1, 0.15) is 48.1 Å². The summed E-state index contributed by atoms with van der Waals surface area (Å²) in [4.78, 5) is 29.2. The highest BCUT2D eigenvalue weighted by molar-refractivity contribution is 5.99. The molecule has 2 aromatic heterocycles. The summed E-state index contributed by atoms with van der Waals surface area (Å²) in [6.45, 7) is 12.0. The maximum Gasteiger partial charge on any atom is 0.270 e. The minimum atomic E-state index is -0.377. The van der Waals surface area contributed by atoms with Crippen LogP contribution < -0.4 is 15.4 Å². The van der Waals surface area contributed by atoms with Crippen LogP contribution in [0.15, 0.2) is 48.0 Å². The molecular formula is C24H25N7O4. The normalized spacial score (nSPS) is 15.3. The fourth-order valence-corrected chi connectivity index (χ4v) is 3.80. The molecule has 0 radical (unpaired) electrons. The van der Waals surface area contributed by atoms with Gasteiger partial charge in [-0.1, -0.05) is 6.07 Å². The fraction of sp³-hybridized carbons (Fsp3) is 0.292. The average Bonchev–Trinajstić information content (AvgIpc) is 3.39. The Morgan fingerprint density at radius 2 is 2.09 bits per heavy atom. The van der Waals surface area contributed by atoms with E-state index in [1.54, 1.807) is 33.9 Å². The number of aryl methyl sites for hydroxylation is 1. The molecule has 4 heterocycles. The van der Waals surface area contributed by atoms with Crippen LogP contribution in [-0.2, 0) is 16.1 Å². The van der Waals surface area contributed by atoms with Crippen LogP contribution in [0.3, 0.4) is 0 Å². The van der Waals surface area contributed by atoms with E-state index in [0.717, 1.165) is 11.1 Å². The first-order chi connectivity index (χ1) is 16.6. The third-order valence-corrected chi connectivity index (χ3v) is 5.51. The summed E-state index contributed by atoms with van der Waals surface area (Å²) in [6, 6.07) is 6.95. The summed E-state index contributed by atoms with van der Waals surface area (Å²) >= 11 is 0. The lowest BCUT2D eigenvalue weighted by atomic mass is 10.1. The highest BCUT2D eigenvalue weighted by Crippen LogP contribution is 2.29. The van der Waals surface area contributed by atoms with Gasteiger partial charge in [0.15, 0.2) is 12.3 Å². The standard InChI is InChI=1S/C24H25N7O4/c1-13-10-26-30-18(23-29-31(14(2)35-23)24(3,4)5)9-17(28-21(13)30)22(33)25-11-15-6-7-19-16(8-15)27-20(32)12-34-19/h6-10H,2,11-12H2,1,3-5H3,(H,25,33)(H,27,32). The van der Waals surface area contributed by atoms with E-state index < -0.39 is 0 Å². The van der Waals surface area contributed by atoms with Crippen molar-refractivity contribution in [2.24, 2.45) is 5.10 Å². The van der Waals surface area contributed by atoms with E-state index in [2.05, 4.69) is 32.4 Å². The molecule has 0 unspecified atom stereocenters. The summed E-state index contributed by atoms with van der Waals surface area (Å²) < 4.78 is 12.8. The van der Waals surface area contributed by atoms with E-state index in [9.17, 15) is 9.59 Å². The van der Waals surface area contributed by atoms with Crippen molar-refractivity contribution in [3.63, 3.8) is 0 Å². The van der Waals surface area contributed by atoms with Crippen LogP contribution in [0.5, 0.6) is 5.75 Å². The molecule has 2 N–H and O–H groups in total. The van der Waals surface area contributed by atoms with Crippen molar-refractivity contribution in [2.75, 3.05) is 11.9 Å². The van der Waals surface area contributed by atoms with Gasteiger partial charge in [0.05, 0.1) is 17.4 Å². The molecule has 2 amide bonds. The molecule has 0 saturated carbocycles. The summed E-state index contributed by atoms with van der Waals surface area (Å²) in [5.41, 5.74) is 3.02. The predicted octanol–water partition coefficient (Wildman–Crippen LogP) is 2.56. The second-order valence-corrected chi connectivity index (χ2v) is 9.32. The molecule has 11 heteroatoms. The van der Waals surface area contributed by atoms with Gasteiger partial charge in [-0.25, -0.2) is 14.5 Å². The number of hydrogen-bond donors (Lipinski definition) is 2. The monoisotopic (exact) mass is 475 g/mol. The molecule has 180 valence electrons. The third-order valence-electron chi connectivity index (χ3n) is 5.51. The van der Waals surface area contributed by atoms with Crippen molar-refractivity contribution in [3.05, 3.63) is 65.4 Å². The molecule has 0 saturated heterocycles. The number of anilines is 1. The first-order valence-corrected chi connectivity index (χ1v) is 11.1. The molecule has 3 aromatic rings. The minimum Gasteiger partial charge on any atom is -0.482 e. The first kappa shape index (κ1) is 22.4. The number of rotatable bonds is 4. The minimum absolute atomic E-state index is 0.0105. The Hall–Kier alpha value is -4.41. The molecule has 1 aromatic carbocycles. The summed E-state index contributed by atoms with van der Waals surface area (Å²) in [5.74, 6) is 0.661. The number of carbonyl (C=O) groups excluding carboxylic acids is 2. The molecule has 35 heavy (non-hydrogen) atoms. The molecule has 2 aliphatic rings. The Bertz CT molecular complexity index is 1420. The van der Waals surface area contributed by atoms with Gasteiger partial charge in [0.25, 0.3) is 17.7 Å². The zero-order valence-corrected chi connectivity index (χ0v) is 19.9. The highest BCUT2D eigenvalue weighted by Gasteiger charge is 2.32. The Labute approximate surface area is 201 Å². The lowest BCUT2D eigenvalue weighted by Gasteiger charge is -2.28. The lowest BCUT2D eigenvalue weighted by Crippen LogP contribution is -2.34. The molecule has 0 fully saturated rings. The summed E-state index contributed by atoms with van der Waals surface area (Å²) in [6.07, 6.45) is 1.67. The fourth-order valence-electron chi connectivity index (χ4n) is 3.80. The number of hydrogen-bond acceptors (Lipinski definition) is 8. The van der Waals surface area contributed by atoms with E-state index >= 15 is 0 Å². The maximum absolute atomic E-state index is 13.1. The third kappa shape index (κ3) is 4.16. The molecular weight excluding hydrogens is 450 g/mol. The van der Waals surface area contributed by atoms with Gasteiger partial charge in [0.2, 0.25) is 5.88 Å². The van der Waals surface area contributed by atoms with Crippen LogP contribution in [0.4, 0.5) is 5.69 Å². The average molecular weight is 476 g/mol. The number of nitrogens with zero attached hydrogens (tertiary/aromatic N) is 5. The number of benzene rings is 1. The Morgan fingerprint density at radius 1 is 1.29 bits per heavy atom. The van der Waals surface area contributed by atoms with E-state index in [0.29, 0.717) is 28.7 Å². The topological polar surface area (TPSA) is 122 Å². The number of amides is 2. The van der Waals surface area contributed by atoms with Gasteiger partial charge in [-0.3, -0.25) is 9.59 Å². The number of nitrogens with one attached hydrogen (secondary N) is 2. The van der Waals surface area contributed by atoms with Gasteiger partial charge in [-0.15, -0.1) is 5.10 Å². The van der Waals surface area contributed by atoms with Gasteiger partial charge in [-0.2, -0.15) is 5.10 Å². The van der Waals surface area contributed by atoms with Crippen LogP contribution in [0.25, 0.3) is 5.65 Å². The van der Waals surface area contributed by atoms with Crippen molar-refractivity contribution in [2.45, 2.75) is 39.8 Å². The quantitative estimate of drug-likeness (QED) is 0.595. The SMILES string of the molecule is C=C1OC(c2cc(C(=O)NCc3ccc4c(c3)NC(=O)CO4)nc3c(C)cnn23)=NN1C(C)(C)C. The van der Waals surface area contributed by atoms with Crippen molar-refractivity contribution >= 4 is 29.0 Å². The molecule has 5 rings (SSSR count). The van der Waals surface area contributed by atoms with Crippen molar-refractivity contribution in [3.8, 4) is 5.75 Å². The summed E-state index contributed by atoms with van der Waals surface area (Å²) in [7, 11) is 0. The highest BCUT2D eigenvalue weighted by atomic mass is 16.5. The summed E-state index contributed by atoms with van der Waals surface area (Å²) in [5, 5.41) is 16.3. The van der Waals surface area contributed by atoms with Crippen molar-refractivity contribution in [1.82, 2.24) is 24.9 Å². The molecule has 0 atom stereocenters. The molecule has 0 spiro atoms. The van der Waals surface area contributed by atoms with E-state index in [1.807, 2.05) is 33.8 Å². The number of fused-ring (bicyclic) bond motifs is 2. The maximum atomic E-state index is 13.1. The number of hydrazone groups is 1. The first-order valence-electron chi connectivity index (χ1n) is 11.1. The zero-order chi connectivity index (χ0) is 24.9. The Morgan fingerprint density at radius 3 is 2.83 bits per heavy atom. The van der Waals surface area contributed by atoms with Crippen LogP contribution in [0, 0.1) is 6.92 Å². The predicted molar refractivity (Wildman–Crippen MR) is 128 cm³/mol. The zero-order valence-electron chi connectivity index (χ0n) is 19.9. The Balaban J connectivity index is 1.43. The van der Waals surface area contributed by atoms with Crippen molar-refractivity contribution in [1.29, 1.82) is 0 Å². The second-order valence-electron chi connectivity index (χ2n) is 9.32. The molecule has 2 aliphatic heterocycles. The van der Waals surface area contributed by atoms with Crippen molar-refractivity contribution < 1.29 is 19.1 Å². The largest absolute Gasteiger partial charge is 0.482 e. The van der Waals surface area contributed by atoms with Crippen LogP contribution in [0.2, 0.25) is 0 Å². The van der Waals surface area contributed by atoms with Gasteiger partial charge < -0.3 is 20.1 Å². The lowest BCUT2D eigenvalue weighted by molar-refractivity contribution is -0.118. The molecule has 11 nitrogen and oxygen atoms in total. The molecule has 0 aliphatic carbocycles. The van der Waals surface area contributed by atoms with E-state index in [1.165, 1.54) is 0 Å². The van der Waals surface area contributed by atoms with E-state index in [4.69, 9.17) is 9.47 Å².